The number of amides is 1. The summed E-state index contributed by atoms with van der Waals surface area (Å²) in [6, 6.07) is 9.66. The van der Waals surface area contributed by atoms with Crippen LogP contribution in [0.2, 0.25) is 0 Å². The Labute approximate surface area is 135 Å². The van der Waals surface area contributed by atoms with Gasteiger partial charge in [-0.3, -0.25) is 9.78 Å². The van der Waals surface area contributed by atoms with E-state index in [2.05, 4.69) is 30.2 Å². The van der Waals surface area contributed by atoms with E-state index in [1.165, 1.54) is 11.1 Å². The molecule has 0 aliphatic rings. The van der Waals surface area contributed by atoms with Crippen molar-refractivity contribution >= 4 is 16.9 Å². The Bertz CT molecular complexity index is 837. The standard InChI is InChI=1S/C19H20N2O2/c1-12-8-16-15(11-23-18(16)9-13(12)2)10-19(22)21-14(3)17-6-4-5-7-20-17/h4-9,11,14H,10H2,1-3H3,(H,21,22). The van der Waals surface area contributed by atoms with E-state index in [1.54, 1.807) is 12.5 Å². The summed E-state index contributed by atoms with van der Waals surface area (Å²) in [5, 5.41) is 3.99. The van der Waals surface area contributed by atoms with Crippen molar-refractivity contribution in [2.45, 2.75) is 33.2 Å². The Morgan fingerprint density at radius 1 is 1.26 bits per heavy atom. The van der Waals surface area contributed by atoms with Gasteiger partial charge in [0.05, 0.1) is 24.4 Å². The summed E-state index contributed by atoms with van der Waals surface area (Å²) in [6.07, 6.45) is 3.70. The molecule has 0 spiro atoms. The first kappa shape index (κ1) is 15.3. The fourth-order valence-corrected chi connectivity index (χ4v) is 2.64. The van der Waals surface area contributed by atoms with Gasteiger partial charge in [-0.1, -0.05) is 6.07 Å². The molecule has 1 atom stereocenters. The van der Waals surface area contributed by atoms with E-state index in [1.807, 2.05) is 31.2 Å². The number of furan rings is 1. The van der Waals surface area contributed by atoms with Gasteiger partial charge in [0, 0.05) is 17.1 Å². The molecule has 0 saturated carbocycles. The molecule has 3 rings (SSSR count). The number of hydrogen-bond acceptors (Lipinski definition) is 3. The van der Waals surface area contributed by atoms with E-state index in [0.717, 1.165) is 22.2 Å². The fourth-order valence-electron chi connectivity index (χ4n) is 2.64. The van der Waals surface area contributed by atoms with Crippen molar-refractivity contribution in [3.05, 3.63) is 65.2 Å². The lowest BCUT2D eigenvalue weighted by molar-refractivity contribution is -0.121. The molecule has 0 aliphatic carbocycles. The van der Waals surface area contributed by atoms with Crippen molar-refractivity contribution in [3.8, 4) is 0 Å². The highest BCUT2D eigenvalue weighted by Crippen LogP contribution is 2.25. The highest BCUT2D eigenvalue weighted by molar-refractivity contribution is 5.88. The second-order valence-corrected chi connectivity index (χ2v) is 5.91. The van der Waals surface area contributed by atoms with Crippen molar-refractivity contribution in [1.82, 2.24) is 10.3 Å². The van der Waals surface area contributed by atoms with Gasteiger partial charge >= 0.3 is 0 Å². The molecule has 0 saturated heterocycles. The van der Waals surface area contributed by atoms with Gasteiger partial charge in [-0.2, -0.15) is 0 Å². The van der Waals surface area contributed by atoms with E-state index < -0.39 is 0 Å². The Morgan fingerprint density at radius 3 is 2.78 bits per heavy atom. The topological polar surface area (TPSA) is 55.1 Å². The second kappa shape index (κ2) is 6.24. The summed E-state index contributed by atoms with van der Waals surface area (Å²) in [4.78, 5) is 16.6. The third-order valence-electron chi connectivity index (χ3n) is 4.13. The molecular weight excluding hydrogens is 288 g/mol. The fraction of sp³-hybridized carbons (Fsp3) is 0.263. The molecule has 2 heterocycles. The monoisotopic (exact) mass is 308 g/mol. The largest absolute Gasteiger partial charge is 0.464 e. The minimum absolute atomic E-state index is 0.0379. The van der Waals surface area contributed by atoms with E-state index in [9.17, 15) is 4.79 Å². The van der Waals surface area contributed by atoms with Crippen LogP contribution in [-0.4, -0.2) is 10.9 Å². The van der Waals surface area contributed by atoms with Gasteiger partial charge in [0.25, 0.3) is 0 Å². The molecule has 3 aromatic rings. The van der Waals surface area contributed by atoms with Crippen LogP contribution in [0.4, 0.5) is 0 Å². The predicted octanol–water partition coefficient (Wildman–Crippen LogP) is 3.86. The van der Waals surface area contributed by atoms with Crippen molar-refractivity contribution < 1.29 is 9.21 Å². The van der Waals surface area contributed by atoms with Crippen molar-refractivity contribution in [2.75, 3.05) is 0 Å². The van der Waals surface area contributed by atoms with Crippen LogP contribution in [0.5, 0.6) is 0 Å². The number of nitrogens with one attached hydrogen (secondary N) is 1. The van der Waals surface area contributed by atoms with E-state index in [4.69, 9.17) is 4.42 Å². The molecule has 23 heavy (non-hydrogen) atoms. The highest BCUT2D eigenvalue weighted by atomic mass is 16.3. The molecule has 0 fully saturated rings. The van der Waals surface area contributed by atoms with Crippen molar-refractivity contribution in [1.29, 1.82) is 0 Å². The highest BCUT2D eigenvalue weighted by Gasteiger charge is 2.14. The maximum atomic E-state index is 12.3. The molecule has 1 N–H and O–H groups in total. The number of carbonyl (C=O) groups excluding carboxylic acids is 1. The summed E-state index contributed by atoms with van der Waals surface area (Å²) in [5.41, 5.74) is 4.97. The molecule has 1 aromatic carbocycles. The minimum Gasteiger partial charge on any atom is -0.464 e. The second-order valence-electron chi connectivity index (χ2n) is 5.91. The van der Waals surface area contributed by atoms with Crippen LogP contribution in [0, 0.1) is 13.8 Å². The van der Waals surface area contributed by atoms with Crippen LogP contribution in [0.15, 0.2) is 47.2 Å². The van der Waals surface area contributed by atoms with Crippen LogP contribution in [0.3, 0.4) is 0 Å². The van der Waals surface area contributed by atoms with Gasteiger partial charge in [-0.05, 0) is 56.2 Å². The van der Waals surface area contributed by atoms with Gasteiger partial charge in [-0.25, -0.2) is 0 Å². The van der Waals surface area contributed by atoms with Crippen LogP contribution >= 0.6 is 0 Å². The zero-order chi connectivity index (χ0) is 16.4. The number of rotatable bonds is 4. The van der Waals surface area contributed by atoms with Crippen LogP contribution in [0.25, 0.3) is 11.0 Å². The smallest absolute Gasteiger partial charge is 0.225 e. The Morgan fingerprint density at radius 2 is 2.04 bits per heavy atom. The zero-order valence-electron chi connectivity index (χ0n) is 13.6. The molecule has 0 bridgehead atoms. The number of aryl methyl sites for hydroxylation is 2. The minimum atomic E-state index is -0.120. The number of carbonyl (C=O) groups is 1. The molecule has 1 unspecified atom stereocenters. The van der Waals surface area contributed by atoms with Crippen molar-refractivity contribution in [3.63, 3.8) is 0 Å². The first-order valence-electron chi connectivity index (χ1n) is 7.72. The van der Waals surface area contributed by atoms with Crippen LogP contribution < -0.4 is 5.32 Å². The van der Waals surface area contributed by atoms with Gasteiger partial charge in [0.1, 0.15) is 5.58 Å². The molecule has 0 radical (unpaired) electrons. The zero-order valence-corrected chi connectivity index (χ0v) is 13.6. The van der Waals surface area contributed by atoms with E-state index >= 15 is 0 Å². The maximum Gasteiger partial charge on any atom is 0.225 e. The summed E-state index contributed by atoms with van der Waals surface area (Å²) < 4.78 is 5.58. The number of nitrogens with zero attached hydrogens (tertiary/aromatic N) is 1. The molecular formula is C19H20N2O2. The first-order valence-corrected chi connectivity index (χ1v) is 7.72. The molecule has 0 aliphatic heterocycles. The number of hydrogen-bond donors (Lipinski definition) is 1. The maximum absolute atomic E-state index is 12.3. The van der Waals surface area contributed by atoms with Crippen LogP contribution in [-0.2, 0) is 11.2 Å². The third-order valence-corrected chi connectivity index (χ3v) is 4.13. The van der Waals surface area contributed by atoms with Gasteiger partial charge in [0.15, 0.2) is 0 Å². The van der Waals surface area contributed by atoms with Gasteiger partial charge in [-0.15, -0.1) is 0 Å². The van der Waals surface area contributed by atoms with Crippen LogP contribution in [0.1, 0.15) is 35.3 Å². The molecule has 118 valence electrons. The number of fused-ring (bicyclic) bond motifs is 1. The number of benzene rings is 1. The van der Waals surface area contributed by atoms with Gasteiger partial charge < -0.3 is 9.73 Å². The van der Waals surface area contributed by atoms with Crippen molar-refractivity contribution in [2.24, 2.45) is 0 Å². The lowest BCUT2D eigenvalue weighted by atomic mass is 10.0. The average molecular weight is 308 g/mol. The average Bonchev–Trinajstić information content (AvgIpc) is 2.90. The summed E-state index contributed by atoms with van der Waals surface area (Å²) in [5.74, 6) is -0.0379. The lowest BCUT2D eigenvalue weighted by Gasteiger charge is -2.13. The Balaban J connectivity index is 1.74. The van der Waals surface area contributed by atoms with E-state index in [0.29, 0.717) is 6.42 Å². The molecule has 2 aromatic heterocycles. The molecule has 1 amide bonds. The summed E-state index contributed by atoms with van der Waals surface area (Å²) >= 11 is 0. The quantitative estimate of drug-likeness (QED) is 0.796. The lowest BCUT2D eigenvalue weighted by Crippen LogP contribution is -2.28. The summed E-state index contributed by atoms with van der Waals surface area (Å²) in [6.45, 7) is 6.05. The number of aromatic nitrogens is 1. The van der Waals surface area contributed by atoms with E-state index in [-0.39, 0.29) is 11.9 Å². The Kier molecular flexibility index (Phi) is 4.15. The molecule has 4 nitrogen and oxygen atoms in total. The molecule has 4 heteroatoms. The SMILES string of the molecule is Cc1cc2occ(CC(=O)NC(C)c3ccccn3)c2cc1C. The first-order chi connectivity index (χ1) is 11.0. The predicted molar refractivity (Wildman–Crippen MR) is 90.2 cm³/mol. The normalized spacial score (nSPS) is 12.3. The summed E-state index contributed by atoms with van der Waals surface area (Å²) in [7, 11) is 0. The number of pyridine rings is 1. The third kappa shape index (κ3) is 3.26. The van der Waals surface area contributed by atoms with Gasteiger partial charge in [0.2, 0.25) is 5.91 Å². The Hall–Kier alpha value is -2.62.